The van der Waals surface area contributed by atoms with E-state index in [9.17, 15) is 4.79 Å². The van der Waals surface area contributed by atoms with Gasteiger partial charge in [-0.1, -0.05) is 42.1 Å². The summed E-state index contributed by atoms with van der Waals surface area (Å²) < 4.78 is 7.61. The Labute approximate surface area is 163 Å². The Hall–Kier alpha value is -2.60. The molecule has 0 bridgehead atoms. The lowest BCUT2D eigenvalue weighted by Gasteiger charge is -2.11. The highest BCUT2D eigenvalue weighted by molar-refractivity contribution is 7.99. The summed E-state index contributed by atoms with van der Waals surface area (Å²) >= 11 is 1.62. The molecule has 0 radical (unpaired) electrons. The molecule has 6 heteroatoms. The molecule has 0 saturated carbocycles. The van der Waals surface area contributed by atoms with Gasteiger partial charge in [0.15, 0.2) is 11.0 Å². The summed E-state index contributed by atoms with van der Waals surface area (Å²) in [5.41, 5.74) is 1.99. The molecular weight excluding hydrogens is 358 g/mol. The standard InChI is InChI=1S/C21H23N3O2S/c1-3-26-19-13-11-18(12-14-19)24-20(17-9-5-4-6-10-17)22-23-21(24)27-15-7-8-16(2)25/h4-6,9-14H,3,7-8,15H2,1-2H3. The van der Waals surface area contributed by atoms with Gasteiger partial charge in [-0.2, -0.15) is 0 Å². The Balaban J connectivity index is 1.92. The van der Waals surface area contributed by atoms with Crippen LogP contribution < -0.4 is 4.74 Å². The van der Waals surface area contributed by atoms with Gasteiger partial charge in [0.25, 0.3) is 0 Å². The number of hydrogen-bond acceptors (Lipinski definition) is 5. The van der Waals surface area contributed by atoms with E-state index in [1.807, 2.05) is 61.5 Å². The van der Waals surface area contributed by atoms with Gasteiger partial charge < -0.3 is 9.53 Å². The summed E-state index contributed by atoms with van der Waals surface area (Å²) in [6, 6.07) is 18.0. The van der Waals surface area contributed by atoms with E-state index in [0.717, 1.165) is 40.2 Å². The SMILES string of the molecule is CCOc1ccc(-n2c(SCCCC(C)=O)nnc2-c2ccccc2)cc1. The molecule has 3 rings (SSSR count). The number of ketones is 1. The Kier molecular flexibility index (Phi) is 6.65. The van der Waals surface area contributed by atoms with Crippen LogP contribution in [0.2, 0.25) is 0 Å². The van der Waals surface area contributed by atoms with Crippen LogP contribution in [-0.4, -0.2) is 32.9 Å². The lowest BCUT2D eigenvalue weighted by atomic mass is 10.2. The van der Waals surface area contributed by atoms with Crippen molar-refractivity contribution in [2.24, 2.45) is 0 Å². The molecule has 3 aromatic rings. The molecule has 0 aliphatic rings. The Bertz CT molecular complexity index is 876. The Morgan fingerprint density at radius 2 is 1.81 bits per heavy atom. The molecule has 0 amide bonds. The van der Waals surface area contributed by atoms with Gasteiger partial charge in [0.1, 0.15) is 11.5 Å². The molecule has 1 heterocycles. The molecule has 0 aliphatic carbocycles. The van der Waals surface area contributed by atoms with E-state index in [4.69, 9.17) is 4.74 Å². The van der Waals surface area contributed by atoms with E-state index in [1.165, 1.54) is 0 Å². The third-order valence-corrected chi connectivity index (χ3v) is 4.99. The number of Topliss-reactive ketones (excluding diaryl/α,β-unsaturated/α-hetero) is 1. The number of aromatic nitrogens is 3. The average Bonchev–Trinajstić information content (AvgIpc) is 3.10. The molecule has 27 heavy (non-hydrogen) atoms. The number of rotatable bonds is 9. The van der Waals surface area contributed by atoms with Crippen molar-refractivity contribution >= 4 is 17.5 Å². The van der Waals surface area contributed by atoms with Gasteiger partial charge >= 0.3 is 0 Å². The maximum absolute atomic E-state index is 11.2. The van der Waals surface area contributed by atoms with E-state index in [2.05, 4.69) is 14.8 Å². The summed E-state index contributed by atoms with van der Waals surface area (Å²) in [5.74, 6) is 2.68. The molecular formula is C21H23N3O2S. The van der Waals surface area contributed by atoms with E-state index in [0.29, 0.717) is 13.0 Å². The van der Waals surface area contributed by atoms with Gasteiger partial charge in [0.2, 0.25) is 0 Å². The lowest BCUT2D eigenvalue weighted by molar-refractivity contribution is -0.117. The van der Waals surface area contributed by atoms with Crippen LogP contribution in [0.4, 0.5) is 0 Å². The minimum absolute atomic E-state index is 0.216. The highest BCUT2D eigenvalue weighted by Gasteiger charge is 2.16. The van der Waals surface area contributed by atoms with E-state index in [1.54, 1.807) is 18.7 Å². The first-order valence-corrected chi connectivity index (χ1v) is 10.0. The van der Waals surface area contributed by atoms with Crippen molar-refractivity contribution in [2.45, 2.75) is 31.8 Å². The molecule has 0 spiro atoms. The molecule has 0 aliphatic heterocycles. The molecule has 0 N–H and O–H groups in total. The number of benzene rings is 2. The van der Waals surface area contributed by atoms with Crippen LogP contribution in [0.25, 0.3) is 17.1 Å². The fourth-order valence-corrected chi connectivity index (χ4v) is 3.60. The maximum atomic E-state index is 11.2. The lowest BCUT2D eigenvalue weighted by Crippen LogP contribution is -2.01. The first-order chi connectivity index (χ1) is 13.2. The van der Waals surface area contributed by atoms with Crippen LogP contribution in [0.5, 0.6) is 5.75 Å². The van der Waals surface area contributed by atoms with Gasteiger partial charge in [0.05, 0.1) is 6.61 Å². The fraction of sp³-hybridized carbons (Fsp3) is 0.286. The number of hydrogen-bond donors (Lipinski definition) is 0. The number of carbonyl (C=O) groups is 1. The highest BCUT2D eigenvalue weighted by atomic mass is 32.2. The molecule has 140 valence electrons. The Morgan fingerprint density at radius 1 is 1.07 bits per heavy atom. The van der Waals surface area contributed by atoms with E-state index < -0.39 is 0 Å². The normalized spacial score (nSPS) is 10.7. The van der Waals surface area contributed by atoms with Crippen LogP contribution >= 0.6 is 11.8 Å². The van der Waals surface area contributed by atoms with Crippen LogP contribution in [-0.2, 0) is 4.79 Å². The minimum atomic E-state index is 0.216. The third kappa shape index (κ3) is 4.98. The summed E-state index contributed by atoms with van der Waals surface area (Å²) in [4.78, 5) is 11.2. The van der Waals surface area contributed by atoms with Crippen molar-refractivity contribution in [1.82, 2.24) is 14.8 Å². The summed E-state index contributed by atoms with van der Waals surface area (Å²) in [6.07, 6.45) is 1.42. The van der Waals surface area contributed by atoms with E-state index in [-0.39, 0.29) is 5.78 Å². The average molecular weight is 382 g/mol. The van der Waals surface area contributed by atoms with Crippen LogP contribution in [0.15, 0.2) is 59.8 Å². The topological polar surface area (TPSA) is 57.0 Å². The predicted molar refractivity (Wildman–Crippen MR) is 109 cm³/mol. The van der Waals surface area contributed by atoms with Crippen molar-refractivity contribution in [3.05, 3.63) is 54.6 Å². The maximum Gasteiger partial charge on any atom is 0.196 e. The zero-order chi connectivity index (χ0) is 19.1. The van der Waals surface area contributed by atoms with Crippen molar-refractivity contribution in [2.75, 3.05) is 12.4 Å². The number of ether oxygens (including phenoxy) is 1. The van der Waals surface area contributed by atoms with Crippen molar-refractivity contribution < 1.29 is 9.53 Å². The van der Waals surface area contributed by atoms with Crippen LogP contribution in [0, 0.1) is 0 Å². The largest absolute Gasteiger partial charge is 0.494 e. The molecule has 0 saturated heterocycles. The quantitative estimate of drug-likeness (QED) is 0.394. The number of carbonyl (C=O) groups excluding carboxylic acids is 1. The van der Waals surface area contributed by atoms with Gasteiger partial charge in [-0.15, -0.1) is 10.2 Å². The minimum Gasteiger partial charge on any atom is -0.494 e. The third-order valence-electron chi connectivity index (χ3n) is 3.98. The highest BCUT2D eigenvalue weighted by Crippen LogP contribution is 2.29. The Morgan fingerprint density at radius 3 is 2.48 bits per heavy atom. The van der Waals surface area contributed by atoms with Gasteiger partial charge in [-0.05, 0) is 44.5 Å². The smallest absolute Gasteiger partial charge is 0.196 e. The van der Waals surface area contributed by atoms with Crippen molar-refractivity contribution in [1.29, 1.82) is 0 Å². The second-order valence-corrected chi connectivity index (χ2v) is 7.15. The van der Waals surface area contributed by atoms with Gasteiger partial charge in [0, 0.05) is 23.4 Å². The first-order valence-electron chi connectivity index (χ1n) is 9.05. The summed E-state index contributed by atoms with van der Waals surface area (Å²) in [6.45, 7) is 4.23. The van der Waals surface area contributed by atoms with E-state index >= 15 is 0 Å². The number of nitrogens with zero attached hydrogens (tertiary/aromatic N) is 3. The molecule has 1 aromatic heterocycles. The molecule has 0 unspecified atom stereocenters. The van der Waals surface area contributed by atoms with Crippen molar-refractivity contribution in [3.63, 3.8) is 0 Å². The first kappa shape index (κ1) is 19.2. The second kappa shape index (κ2) is 9.37. The predicted octanol–water partition coefficient (Wildman–Crippen LogP) is 4.79. The number of thioether (sulfide) groups is 1. The van der Waals surface area contributed by atoms with Gasteiger partial charge in [-0.25, -0.2) is 0 Å². The molecule has 2 aromatic carbocycles. The second-order valence-electron chi connectivity index (χ2n) is 6.09. The molecule has 5 nitrogen and oxygen atoms in total. The molecule has 0 atom stereocenters. The molecule has 0 fully saturated rings. The summed E-state index contributed by atoms with van der Waals surface area (Å²) in [7, 11) is 0. The van der Waals surface area contributed by atoms with Gasteiger partial charge in [-0.3, -0.25) is 4.57 Å². The summed E-state index contributed by atoms with van der Waals surface area (Å²) in [5, 5.41) is 9.65. The van der Waals surface area contributed by atoms with Crippen LogP contribution in [0.3, 0.4) is 0 Å². The monoisotopic (exact) mass is 381 g/mol. The zero-order valence-electron chi connectivity index (χ0n) is 15.6. The zero-order valence-corrected chi connectivity index (χ0v) is 16.4. The van der Waals surface area contributed by atoms with Crippen LogP contribution in [0.1, 0.15) is 26.7 Å². The fourth-order valence-electron chi connectivity index (χ4n) is 2.71. The van der Waals surface area contributed by atoms with Crippen molar-refractivity contribution in [3.8, 4) is 22.8 Å².